The van der Waals surface area contributed by atoms with Crippen molar-refractivity contribution in [3.63, 3.8) is 0 Å². The molecule has 1 aliphatic carbocycles. The molecule has 1 aromatic rings. The molecular formula is C15H18ClNO4. The van der Waals surface area contributed by atoms with Crippen LogP contribution in [0.5, 0.6) is 11.5 Å². The van der Waals surface area contributed by atoms with Crippen LogP contribution >= 0.6 is 11.6 Å². The molecule has 0 saturated heterocycles. The Morgan fingerprint density at radius 1 is 1.29 bits per heavy atom. The molecule has 0 bridgehead atoms. The molecule has 0 aromatic heterocycles. The predicted molar refractivity (Wildman–Crippen MR) is 78.2 cm³/mol. The van der Waals surface area contributed by atoms with Crippen molar-refractivity contribution in [2.75, 3.05) is 13.2 Å². The van der Waals surface area contributed by atoms with Gasteiger partial charge in [-0.15, -0.1) is 0 Å². The zero-order valence-electron chi connectivity index (χ0n) is 11.6. The first-order chi connectivity index (χ1) is 10.1. The number of halogens is 1. The number of fused-ring (bicyclic) bond motifs is 1. The number of carbonyl (C=O) groups is 1. The van der Waals surface area contributed by atoms with Crippen molar-refractivity contribution in [1.29, 1.82) is 0 Å². The van der Waals surface area contributed by atoms with Crippen LogP contribution in [0, 0.1) is 0 Å². The summed E-state index contributed by atoms with van der Waals surface area (Å²) < 4.78 is 11.0. The molecule has 1 aliphatic heterocycles. The molecular weight excluding hydrogens is 294 g/mol. The van der Waals surface area contributed by atoms with Gasteiger partial charge in [-0.3, -0.25) is 10.1 Å². The molecule has 1 unspecified atom stereocenters. The van der Waals surface area contributed by atoms with Gasteiger partial charge in [0.1, 0.15) is 19.3 Å². The molecule has 21 heavy (non-hydrogen) atoms. The van der Waals surface area contributed by atoms with Crippen molar-refractivity contribution in [3.05, 3.63) is 22.7 Å². The highest BCUT2D eigenvalue weighted by Gasteiger charge is 2.28. The van der Waals surface area contributed by atoms with Crippen LogP contribution in [0.3, 0.4) is 0 Å². The molecule has 3 rings (SSSR count). The lowest BCUT2D eigenvalue weighted by molar-refractivity contribution is -0.139. The van der Waals surface area contributed by atoms with E-state index in [0.29, 0.717) is 35.3 Å². The molecule has 0 spiro atoms. The number of hydrogen-bond donors (Lipinski definition) is 2. The van der Waals surface area contributed by atoms with Gasteiger partial charge in [0.15, 0.2) is 11.5 Å². The Labute approximate surface area is 128 Å². The minimum Gasteiger partial charge on any atom is -0.486 e. The molecule has 1 aromatic carbocycles. The van der Waals surface area contributed by atoms with Gasteiger partial charge in [-0.2, -0.15) is 0 Å². The number of carboxylic acid groups (broad SMARTS) is 1. The number of benzene rings is 1. The normalized spacial score (nSPS) is 19.5. The Morgan fingerprint density at radius 2 is 2.00 bits per heavy atom. The van der Waals surface area contributed by atoms with Crippen molar-refractivity contribution in [2.24, 2.45) is 0 Å². The minimum absolute atomic E-state index is 0.248. The van der Waals surface area contributed by atoms with E-state index in [1.807, 2.05) is 0 Å². The van der Waals surface area contributed by atoms with Crippen molar-refractivity contribution in [1.82, 2.24) is 5.32 Å². The first kappa shape index (κ1) is 14.5. The molecule has 1 saturated carbocycles. The van der Waals surface area contributed by atoms with E-state index in [1.54, 1.807) is 12.1 Å². The van der Waals surface area contributed by atoms with Crippen LogP contribution in [0.25, 0.3) is 0 Å². The summed E-state index contributed by atoms with van der Waals surface area (Å²) in [6.45, 7) is 0.898. The molecule has 2 aliphatic rings. The van der Waals surface area contributed by atoms with E-state index in [2.05, 4.69) is 5.32 Å². The molecule has 114 valence electrons. The number of nitrogens with one attached hydrogen (secondary N) is 1. The van der Waals surface area contributed by atoms with E-state index in [1.165, 1.54) is 0 Å². The monoisotopic (exact) mass is 311 g/mol. The van der Waals surface area contributed by atoms with E-state index >= 15 is 0 Å². The average Bonchev–Trinajstić information content (AvgIpc) is 2.97. The fourth-order valence-electron chi connectivity index (χ4n) is 2.94. The second-order valence-corrected chi connectivity index (χ2v) is 5.85. The van der Waals surface area contributed by atoms with Gasteiger partial charge in [0.2, 0.25) is 0 Å². The summed E-state index contributed by atoms with van der Waals surface area (Å²) in [6.07, 6.45) is 4.32. The fourth-order valence-corrected chi connectivity index (χ4v) is 3.21. The maximum atomic E-state index is 11.6. The van der Waals surface area contributed by atoms with Gasteiger partial charge in [0.25, 0.3) is 0 Å². The van der Waals surface area contributed by atoms with Crippen molar-refractivity contribution in [2.45, 2.75) is 37.8 Å². The third-order valence-corrected chi connectivity index (χ3v) is 4.24. The van der Waals surface area contributed by atoms with Crippen molar-refractivity contribution in [3.8, 4) is 11.5 Å². The first-order valence-corrected chi connectivity index (χ1v) is 7.61. The third kappa shape index (κ3) is 3.09. The van der Waals surface area contributed by atoms with Gasteiger partial charge in [-0.05, 0) is 30.5 Å². The van der Waals surface area contributed by atoms with Crippen molar-refractivity contribution >= 4 is 17.6 Å². The second kappa shape index (κ2) is 6.12. The summed E-state index contributed by atoms with van der Waals surface area (Å²) in [6, 6.07) is 2.83. The smallest absolute Gasteiger partial charge is 0.325 e. The Bertz CT molecular complexity index is 543. The van der Waals surface area contributed by atoms with E-state index in [4.69, 9.17) is 21.1 Å². The molecule has 2 N–H and O–H groups in total. The molecule has 6 heteroatoms. The summed E-state index contributed by atoms with van der Waals surface area (Å²) in [5.41, 5.74) is 0.601. The van der Waals surface area contributed by atoms with E-state index in [0.717, 1.165) is 25.7 Å². The summed E-state index contributed by atoms with van der Waals surface area (Å²) >= 11 is 6.19. The van der Waals surface area contributed by atoms with Crippen LogP contribution in [0.4, 0.5) is 0 Å². The Hall–Kier alpha value is -1.46. The lowest BCUT2D eigenvalue weighted by Gasteiger charge is -2.24. The number of rotatable bonds is 4. The van der Waals surface area contributed by atoms with Crippen LogP contribution in [0.1, 0.15) is 37.3 Å². The summed E-state index contributed by atoms with van der Waals surface area (Å²) in [5, 5.41) is 13.1. The number of hydrogen-bond acceptors (Lipinski definition) is 4. The highest BCUT2D eigenvalue weighted by molar-refractivity contribution is 6.32. The Kier molecular flexibility index (Phi) is 4.22. The highest BCUT2D eigenvalue weighted by atomic mass is 35.5. The van der Waals surface area contributed by atoms with Gasteiger partial charge in [-0.25, -0.2) is 0 Å². The van der Waals surface area contributed by atoms with Crippen LogP contribution in [-0.4, -0.2) is 30.3 Å². The molecule has 1 heterocycles. The van der Waals surface area contributed by atoms with Gasteiger partial charge < -0.3 is 14.6 Å². The van der Waals surface area contributed by atoms with Gasteiger partial charge in [-0.1, -0.05) is 24.4 Å². The number of aliphatic carboxylic acids is 1. The summed E-state index contributed by atoms with van der Waals surface area (Å²) in [7, 11) is 0. The van der Waals surface area contributed by atoms with Crippen LogP contribution < -0.4 is 14.8 Å². The van der Waals surface area contributed by atoms with E-state index in [-0.39, 0.29) is 6.04 Å². The standard InChI is InChI=1S/C15H18ClNO4/c16-11-7-9(8-12-14(11)21-6-5-20-12)13(15(18)19)17-10-3-1-2-4-10/h7-8,10,13,17H,1-6H2,(H,18,19). The quantitative estimate of drug-likeness (QED) is 0.895. The fraction of sp³-hybridized carbons (Fsp3) is 0.533. The number of ether oxygens (including phenoxy) is 2. The minimum atomic E-state index is -0.908. The van der Waals surface area contributed by atoms with Crippen LogP contribution in [0.15, 0.2) is 12.1 Å². The largest absolute Gasteiger partial charge is 0.486 e. The average molecular weight is 312 g/mol. The lowest BCUT2D eigenvalue weighted by Crippen LogP contribution is -2.35. The molecule has 1 fully saturated rings. The zero-order valence-corrected chi connectivity index (χ0v) is 12.4. The van der Waals surface area contributed by atoms with E-state index in [9.17, 15) is 9.90 Å². The number of carboxylic acids is 1. The van der Waals surface area contributed by atoms with Crippen LogP contribution in [0.2, 0.25) is 5.02 Å². The topological polar surface area (TPSA) is 67.8 Å². The summed E-state index contributed by atoms with van der Waals surface area (Å²) in [4.78, 5) is 11.6. The van der Waals surface area contributed by atoms with Crippen LogP contribution in [-0.2, 0) is 4.79 Å². The van der Waals surface area contributed by atoms with Gasteiger partial charge >= 0.3 is 5.97 Å². The SMILES string of the molecule is O=C(O)C(NC1CCCC1)c1cc(Cl)c2c(c1)OCCO2. The van der Waals surface area contributed by atoms with Crippen molar-refractivity contribution < 1.29 is 19.4 Å². The van der Waals surface area contributed by atoms with Gasteiger partial charge in [0, 0.05) is 6.04 Å². The first-order valence-electron chi connectivity index (χ1n) is 7.23. The van der Waals surface area contributed by atoms with E-state index < -0.39 is 12.0 Å². The second-order valence-electron chi connectivity index (χ2n) is 5.45. The summed E-state index contributed by atoms with van der Waals surface area (Å²) in [5.74, 6) is 0.106. The molecule has 5 nitrogen and oxygen atoms in total. The lowest BCUT2D eigenvalue weighted by atomic mass is 10.0. The molecule has 1 atom stereocenters. The third-order valence-electron chi connectivity index (χ3n) is 3.96. The van der Waals surface area contributed by atoms with Gasteiger partial charge in [0.05, 0.1) is 5.02 Å². The zero-order chi connectivity index (χ0) is 14.8. The highest BCUT2D eigenvalue weighted by Crippen LogP contribution is 2.40. The molecule has 0 amide bonds. The Balaban J connectivity index is 1.88. The molecule has 0 radical (unpaired) electrons. The Morgan fingerprint density at radius 3 is 2.71 bits per heavy atom. The maximum Gasteiger partial charge on any atom is 0.325 e. The predicted octanol–water partition coefficient (Wildman–Crippen LogP) is 2.77. The maximum absolute atomic E-state index is 11.6.